The van der Waals surface area contributed by atoms with E-state index < -0.39 is 20.5 Å². The summed E-state index contributed by atoms with van der Waals surface area (Å²) < 4.78 is 64.4. The van der Waals surface area contributed by atoms with E-state index >= 15 is 0 Å². The van der Waals surface area contributed by atoms with E-state index in [1.54, 1.807) is 12.1 Å². The fourth-order valence-corrected chi connectivity index (χ4v) is 2.80. The molecule has 0 bridgehead atoms. The Bertz CT molecular complexity index is 634. The number of benzene rings is 1. The molecule has 114 valence electrons. The molecule has 0 saturated heterocycles. The first-order chi connectivity index (χ1) is 9.20. The molecule has 0 aliphatic carbocycles. The minimum Gasteiger partial charge on any atom is -0.282 e. The molecular formula is C11H16O7S2. The maximum absolute atomic E-state index is 11.1. The fraction of sp³-hybridized carbons (Fsp3) is 0.455. The summed E-state index contributed by atoms with van der Waals surface area (Å²) in [5, 5.41) is 0. The van der Waals surface area contributed by atoms with Crippen molar-refractivity contribution in [3.63, 3.8) is 0 Å². The largest absolute Gasteiger partial charge is 0.397 e. The molecule has 0 radical (unpaired) electrons. The van der Waals surface area contributed by atoms with Crippen LogP contribution in [-0.4, -0.2) is 32.5 Å². The Kier molecular flexibility index (Phi) is 6.08. The van der Waals surface area contributed by atoms with Gasteiger partial charge in [-0.2, -0.15) is 16.8 Å². The van der Waals surface area contributed by atoms with Crippen molar-refractivity contribution in [2.75, 3.05) is 6.61 Å². The lowest BCUT2D eigenvalue weighted by molar-refractivity contribution is 0.262. The topological polar surface area (TPSA) is 118 Å². The summed E-state index contributed by atoms with van der Waals surface area (Å²) in [5.74, 6) is 0. The van der Waals surface area contributed by atoms with Crippen LogP contribution in [-0.2, 0) is 31.1 Å². The first-order valence-corrected chi connectivity index (χ1v) is 8.68. The molecule has 7 nitrogen and oxygen atoms in total. The third kappa shape index (κ3) is 6.44. The zero-order valence-electron chi connectivity index (χ0n) is 10.6. The predicted octanol–water partition coefficient (Wildman–Crippen LogP) is 1.47. The summed E-state index contributed by atoms with van der Waals surface area (Å²) in [6, 6.07) is 6.13. The van der Waals surface area contributed by atoms with Gasteiger partial charge in [0.25, 0.3) is 10.1 Å². The van der Waals surface area contributed by atoms with Crippen LogP contribution in [0.4, 0.5) is 0 Å². The highest BCUT2D eigenvalue weighted by Gasteiger charge is 2.13. The monoisotopic (exact) mass is 324 g/mol. The molecule has 1 aromatic carbocycles. The molecule has 0 spiro atoms. The standard InChI is InChI=1S/C11H16O7S2/c12-19(13,14)11-8-4-3-7-10(11)6-2-1-5-9-18-20(15,16)17/h3-4,7-8H,1-2,5-6,9H2,(H,12,13,14)(H,15,16,17). The van der Waals surface area contributed by atoms with Gasteiger partial charge in [-0.05, 0) is 30.9 Å². The summed E-state index contributed by atoms with van der Waals surface area (Å²) in [5.41, 5.74) is 0.505. The van der Waals surface area contributed by atoms with E-state index in [-0.39, 0.29) is 11.5 Å². The third-order valence-corrected chi connectivity index (χ3v) is 3.99. The number of unbranched alkanes of at least 4 members (excludes halogenated alkanes) is 2. The van der Waals surface area contributed by atoms with E-state index in [1.807, 2.05) is 0 Å². The minimum absolute atomic E-state index is 0.116. The fourth-order valence-electron chi connectivity index (χ4n) is 1.72. The Morgan fingerprint density at radius 3 is 2.20 bits per heavy atom. The Balaban J connectivity index is 2.44. The van der Waals surface area contributed by atoms with E-state index in [0.717, 1.165) is 0 Å². The molecule has 1 aromatic rings. The molecule has 0 heterocycles. The summed E-state index contributed by atoms with van der Waals surface area (Å²) in [7, 11) is -8.64. The summed E-state index contributed by atoms with van der Waals surface area (Å²) >= 11 is 0. The van der Waals surface area contributed by atoms with Crippen molar-refractivity contribution in [2.24, 2.45) is 0 Å². The van der Waals surface area contributed by atoms with Crippen molar-refractivity contribution in [1.29, 1.82) is 0 Å². The van der Waals surface area contributed by atoms with Crippen LogP contribution in [0.1, 0.15) is 24.8 Å². The van der Waals surface area contributed by atoms with E-state index in [9.17, 15) is 16.8 Å². The second kappa shape index (κ2) is 7.14. The first kappa shape index (κ1) is 17.1. The molecule has 0 aliphatic heterocycles. The zero-order chi connectivity index (χ0) is 15.2. The van der Waals surface area contributed by atoms with Crippen molar-refractivity contribution in [3.05, 3.63) is 29.8 Å². The molecular weight excluding hydrogens is 308 g/mol. The number of aryl methyl sites for hydroxylation is 1. The van der Waals surface area contributed by atoms with E-state index in [1.165, 1.54) is 12.1 Å². The van der Waals surface area contributed by atoms with Gasteiger partial charge in [-0.25, -0.2) is 4.18 Å². The Morgan fingerprint density at radius 2 is 1.60 bits per heavy atom. The molecule has 0 fully saturated rings. The SMILES string of the molecule is O=S(=O)(O)OCCCCCc1ccccc1S(=O)(=O)O. The van der Waals surface area contributed by atoms with Gasteiger partial charge in [0.2, 0.25) is 0 Å². The van der Waals surface area contributed by atoms with E-state index in [4.69, 9.17) is 9.11 Å². The maximum Gasteiger partial charge on any atom is 0.397 e. The van der Waals surface area contributed by atoms with Crippen molar-refractivity contribution in [2.45, 2.75) is 30.6 Å². The van der Waals surface area contributed by atoms with Crippen LogP contribution in [0.15, 0.2) is 29.2 Å². The van der Waals surface area contributed by atoms with E-state index in [2.05, 4.69) is 4.18 Å². The first-order valence-electron chi connectivity index (χ1n) is 5.87. The van der Waals surface area contributed by atoms with Crippen molar-refractivity contribution in [1.82, 2.24) is 0 Å². The van der Waals surface area contributed by atoms with Gasteiger partial charge in [0.05, 0.1) is 11.5 Å². The van der Waals surface area contributed by atoms with Crippen LogP contribution in [0.2, 0.25) is 0 Å². The lowest BCUT2D eigenvalue weighted by atomic mass is 10.1. The second-order valence-corrected chi connectivity index (χ2v) is 6.62. The summed E-state index contributed by atoms with van der Waals surface area (Å²) in [6.45, 7) is -0.126. The highest BCUT2D eigenvalue weighted by Crippen LogP contribution is 2.17. The minimum atomic E-state index is -4.40. The molecule has 1 rings (SSSR count). The molecule has 0 amide bonds. The molecule has 0 atom stereocenters. The average Bonchev–Trinajstić information content (AvgIpc) is 2.31. The highest BCUT2D eigenvalue weighted by atomic mass is 32.3. The predicted molar refractivity (Wildman–Crippen MR) is 71.3 cm³/mol. The van der Waals surface area contributed by atoms with Crippen LogP contribution < -0.4 is 0 Å². The van der Waals surface area contributed by atoms with Crippen molar-refractivity contribution >= 4 is 20.5 Å². The molecule has 20 heavy (non-hydrogen) atoms. The summed E-state index contributed by atoms with van der Waals surface area (Å²) in [6.07, 6.45) is 2.03. The lowest BCUT2D eigenvalue weighted by Crippen LogP contribution is -2.05. The van der Waals surface area contributed by atoms with Gasteiger partial charge in [-0.1, -0.05) is 24.6 Å². The number of hydrogen-bond donors (Lipinski definition) is 2. The number of rotatable bonds is 8. The molecule has 0 aromatic heterocycles. The smallest absolute Gasteiger partial charge is 0.282 e. The lowest BCUT2D eigenvalue weighted by Gasteiger charge is -2.06. The Hall–Kier alpha value is -1.00. The van der Waals surface area contributed by atoms with Crippen LogP contribution >= 0.6 is 0 Å². The van der Waals surface area contributed by atoms with Gasteiger partial charge in [-0.3, -0.25) is 9.11 Å². The Labute approximate surface area is 118 Å². The zero-order valence-corrected chi connectivity index (χ0v) is 12.2. The Morgan fingerprint density at radius 1 is 0.950 bits per heavy atom. The van der Waals surface area contributed by atoms with Crippen LogP contribution in [0.5, 0.6) is 0 Å². The van der Waals surface area contributed by atoms with Crippen LogP contribution in [0, 0.1) is 0 Å². The third-order valence-electron chi connectivity index (χ3n) is 2.57. The van der Waals surface area contributed by atoms with Gasteiger partial charge >= 0.3 is 10.4 Å². The quantitative estimate of drug-likeness (QED) is 0.549. The van der Waals surface area contributed by atoms with Crippen LogP contribution in [0.3, 0.4) is 0 Å². The molecule has 0 unspecified atom stereocenters. The second-order valence-electron chi connectivity index (χ2n) is 4.14. The van der Waals surface area contributed by atoms with E-state index in [0.29, 0.717) is 31.2 Å². The summed E-state index contributed by atoms with van der Waals surface area (Å²) in [4.78, 5) is -0.116. The van der Waals surface area contributed by atoms with Gasteiger partial charge in [-0.15, -0.1) is 0 Å². The van der Waals surface area contributed by atoms with Gasteiger partial charge < -0.3 is 0 Å². The molecule has 9 heteroatoms. The van der Waals surface area contributed by atoms with Gasteiger partial charge in [0.1, 0.15) is 0 Å². The normalized spacial score (nSPS) is 12.5. The highest BCUT2D eigenvalue weighted by molar-refractivity contribution is 7.85. The van der Waals surface area contributed by atoms with Crippen molar-refractivity contribution in [3.8, 4) is 0 Å². The van der Waals surface area contributed by atoms with Gasteiger partial charge in [0.15, 0.2) is 0 Å². The van der Waals surface area contributed by atoms with Crippen molar-refractivity contribution < 1.29 is 30.1 Å². The average molecular weight is 324 g/mol. The molecule has 0 aliphatic rings. The molecule has 2 N–H and O–H groups in total. The maximum atomic E-state index is 11.1. The number of hydrogen-bond acceptors (Lipinski definition) is 5. The van der Waals surface area contributed by atoms with Gasteiger partial charge in [0, 0.05) is 0 Å². The van der Waals surface area contributed by atoms with Crippen LogP contribution in [0.25, 0.3) is 0 Å². The molecule has 0 saturated carbocycles.